The Labute approximate surface area is 229 Å². The zero-order chi connectivity index (χ0) is 29.6. The highest BCUT2D eigenvalue weighted by Gasteiger charge is 2.69. The van der Waals surface area contributed by atoms with Crippen LogP contribution in [0.1, 0.15) is 12.5 Å². The Bertz CT molecular complexity index is 969. The van der Waals surface area contributed by atoms with Crippen LogP contribution in [0.5, 0.6) is 0 Å². The molecule has 3 aliphatic heterocycles. The second-order valence-electron chi connectivity index (χ2n) is 10.6. The average Bonchev–Trinajstić information content (AvgIpc) is 2.94. The molecule has 15 heteroatoms. The monoisotopic (exact) mass is 578 g/mol. The van der Waals surface area contributed by atoms with Crippen molar-refractivity contribution in [2.75, 3.05) is 13.2 Å². The zero-order valence-electron chi connectivity index (χ0n) is 21.6. The summed E-state index contributed by atoms with van der Waals surface area (Å²) in [5.74, 6) is -2.65. The van der Waals surface area contributed by atoms with E-state index in [9.17, 15) is 56.2 Å². The first-order valence-electron chi connectivity index (χ1n) is 12.9. The summed E-state index contributed by atoms with van der Waals surface area (Å²) in [6.45, 7) is -0.474. The summed E-state index contributed by atoms with van der Waals surface area (Å²) in [5, 5.41) is 117. The number of hydrogen-bond acceptors (Lipinski definition) is 15. The number of benzene rings is 1. The van der Waals surface area contributed by atoms with Gasteiger partial charge in [0, 0.05) is 6.42 Å². The van der Waals surface area contributed by atoms with Crippen LogP contribution >= 0.6 is 0 Å². The fraction of sp³-hybridized carbons (Fsp3) is 0.760. The first-order valence-corrected chi connectivity index (χ1v) is 12.9. The third kappa shape index (κ3) is 5.42. The van der Waals surface area contributed by atoms with Crippen molar-refractivity contribution in [3.05, 3.63) is 35.9 Å². The molecule has 11 N–H and O–H groups in total. The van der Waals surface area contributed by atoms with Crippen LogP contribution in [0.2, 0.25) is 0 Å². The van der Waals surface area contributed by atoms with E-state index in [4.69, 9.17) is 18.9 Å². The van der Waals surface area contributed by atoms with Gasteiger partial charge in [0.25, 0.3) is 0 Å². The van der Waals surface area contributed by atoms with Crippen molar-refractivity contribution in [2.24, 2.45) is 0 Å². The van der Waals surface area contributed by atoms with Crippen molar-refractivity contribution in [2.45, 2.75) is 104 Å². The van der Waals surface area contributed by atoms with E-state index in [0.29, 0.717) is 5.56 Å². The Kier molecular flexibility index (Phi) is 9.53. The van der Waals surface area contributed by atoms with Crippen LogP contribution in [-0.2, 0) is 25.4 Å². The molecule has 0 aromatic heterocycles. The van der Waals surface area contributed by atoms with Crippen LogP contribution in [0, 0.1) is 0 Å². The van der Waals surface area contributed by atoms with E-state index in [1.807, 2.05) is 0 Å². The van der Waals surface area contributed by atoms with Gasteiger partial charge in [-0.05, 0) is 12.5 Å². The number of ether oxygens (including phenoxy) is 4. The molecule has 0 bridgehead atoms. The van der Waals surface area contributed by atoms with E-state index in [2.05, 4.69) is 0 Å². The van der Waals surface area contributed by atoms with Crippen LogP contribution in [0.25, 0.3) is 0 Å². The van der Waals surface area contributed by atoms with E-state index < -0.39 is 111 Å². The standard InChI is InChI=1S/C25H38O15/c1-10-14(28)16(30)18(32)21(37-10)25(36)20(39-22-19(33)17(31)15(29)12(8-26)38-22)13(9-27)40-24(35,23(25)34)7-11-5-3-2-4-6-11/h2-6,10,12-23,26-36H,7-9H2,1H3/t10-,12+,13+,14+,15-,16+,17-,18-,19+,20+,21?,22-,23-,24?,25+/m0/s1. The molecule has 1 aromatic carbocycles. The first-order chi connectivity index (χ1) is 18.8. The molecule has 4 rings (SSSR count). The lowest BCUT2D eigenvalue weighted by atomic mass is 9.71. The molecule has 3 aliphatic rings. The quantitative estimate of drug-likeness (QED) is 0.144. The minimum absolute atomic E-state index is 0.435. The van der Waals surface area contributed by atoms with Crippen LogP contribution in [0.15, 0.2) is 30.3 Å². The van der Waals surface area contributed by atoms with Gasteiger partial charge in [-0.1, -0.05) is 30.3 Å². The predicted octanol–water partition coefficient (Wildman–Crippen LogP) is -5.54. The van der Waals surface area contributed by atoms with Gasteiger partial charge in [0.05, 0.1) is 19.3 Å². The number of aliphatic hydroxyl groups is 11. The number of aliphatic hydroxyl groups excluding tert-OH is 9. The van der Waals surface area contributed by atoms with Crippen LogP contribution in [0.3, 0.4) is 0 Å². The SMILES string of the molecule is C[C@@H]1OC([C@]2(O)[C@H](O[C@@H]3O[C@H](CO)[C@H](O)[C@H](O)[C@H]3O)[C@@H](CO)OC(O)(Cc3ccccc3)[C@@H]2O)[C@@H](O)[C@H](O)[C@@H]1O. The van der Waals surface area contributed by atoms with Gasteiger partial charge in [0.1, 0.15) is 67.1 Å². The lowest BCUT2D eigenvalue weighted by Crippen LogP contribution is -2.81. The van der Waals surface area contributed by atoms with E-state index >= 15 is 0 Å². The minimum Gasteiger partial charge on any atom is -0.394 e. The third-order valence-corrected chi connectivity index (χ3v) is 7.93. The molecular formula is C25H38O15. The Balaban J connectivity index is 1.77. The van der Waals surface area contributed by atoms with Gasteiger partial charge in [0.15, 0.2) is 17.7 Å². The van der Waals surface area contributed by atoms with E-state index in [1.54, 1.807) is 30.3 Å². The van der Waals surface area contributed by atoms with Crippen molar-refractivity contribution in [3.8, 4) is 0 Å². The highest BCUT2D eigenvalue weighted by Crippen LogP contribution is 2.45. The van der Waals surface area contributed by atoms with Crippen molar-refractivity contribution in [1.29, 1.82) is 0 Å². The predicted molar refractivity (Wildman–Crippen MR) is 129 cm³/mol. The molecule has 228 valence electrons. The lowest BCUT2D eigenvalue weighted by Gasteiger charge is -2.58. The van der Waals surface area contributed by atoms with Crippen LogP contribution < -0.4 is 0 Å². The maximum atomic E-state index is 12.2. The molecule has 0 spiro atoms. The summed E-state index contributed by atoms with van der Waals surface area (Å²) >= 11 is 0. The van der Waals surface area contributed by atoms with Crippen molar-refractivity contribution in [3.63, 3.8) is 0 Å². The van der Waals surface area contributed by atoms with Gasteiger partial charge in [-0.25, -0.2) is 0 Å². The largest absolute Gasteiger partial charge is 0.394 e. The Morgan fingerprint density at radius 3 is 1.95 bits per heavy atom. The maximum Gasteiger partial charge on any atom is 0.199 e. The summed E-state index contributed by atoms with van der Waals surface area (Å²) in [5.41, 5.74) is -2.52. The number of rotatable bonds is 7. The normalized spacial score (nSPS) is 50.0. The molecule has 0 aliphatic carbocycles. The molecule has 0 amide bonds. The summed E-state index contributed by atoms with van der Waals surface area (Å²) in [7, 11) is 0. The van der Waals surface area contributed by atoms with Gasteiger partial charge in [-0.3, -0.25) is 0 Å². The van der Waals surface area contributed by atoms with E-state index in [1.165, 1.54) is 6.92 Å². The maximum absolute atomic E-state index is 12.2. The molecule has 1 aromatic rings. The minimum atomic E-state index is -2.96. The summed E-state index contributed by atoms with van der Waals surface area (Å²) in [4.78, 5) is 0. The Morgan fingerprint density at radius 1 is 0.750 bits per heavy atom. The molecule has 40 heavy (non-hydrogen) atoms. The van der Waals surface area contributed by atoms with Crippen LogP contribution in [-0.4, -0.2) is 160 Å². The van der Waals surface area contributed by atoms with Crippen molar-refractivity contribution in [1.82, 2.24) is 0 Å². The average molecular weight is 579 g/mol. The molecule has 15 nitrogen and oxygen atoms in total. The van der Waals surface area contributed by atoms with Gasteiger partial charge in [0.2, 0.25) is 0 Å². The van der Waals surface area contributed by atoms with E-state index in [0.717, 1.165) is 0 Å². The van der Waals surface area contributed by atoms with Crippen molar-refractivity contribution >= 4 is 0 Å². The smallest absolute Gasteiger partial charge is 0.199 e. The molecule has 2 unspecified atom stereocenters. The van der Waals surface area contributed by atoms with Gasteiger partial charge >= 0.3 is 0 Å². The number of hydrogen-bond donors (Lipinski definition) is 11. The van der Waals surface area contributed by atoms with Gasteiger partial charge in [-0.15, -0.1) is 0 Å². The fourth-order valence-electron chi connectivity index (χ4n) is 5.63. The third-order valence-electron chi connectivity index (χ3n) is 7.93. The second-order valence-corrected chi connectivity index (χ2v) is 10.6. The fourth-order valence-corrected chi connectivity index (χ4v) is 5.63. The second kappa shape index (κ2) is 12.1. The molecule has 3 fully saturated rings. The highest BCUT2D eigenvalue weighted by molar-refractivity contribution is 5.21. The molecule has 15 atom stereocenters. The van der Waals surface area contributed by atoms with Gasteiger partial charge in [-0.2, -0.15) is 0 Å². The highest BCUT2D eigenvalue weighted by atomic mass is 16.7. The molecule has 3 heterocycles. The summed E-state index contributed by atoms with van der Waals surface area (Å²) < 4.78 is 22.4. The topological polar surface area (TPSA) is 259 Å². The Morgan fingerprint density at radius 2 is 1.35 bits per heavy atom. The molecule has 0 radical (unpaired) electrons. The summed E-state index contributed by atoms with van der Waals surface area (Å²) in [6.07, 6.45) is -24.3. The first kappa shape index (κ1) is 31.6. The molecular weight excluding hydrogens is 540 g/mol. The zero-order valence-corrected chi connectivity index (χ0v) is 21.6. The lowest BCUT2D eigenvalue weighted by molar-refractivity contribution is -0.426. The molecule has 3 saturated heterocycles. The molecule has 0 saturated carbocycles. The Hall–Kier alpha value is -1.38. The van der Waals surface area contributed by atoms with Crippen molar-refractivity contribution < 1.29 is 75.1 Å². The van der Waals surface area contributed by atoms with Gasteiger partial charge < -0.3 is 75.1 Å². The van der Waals surface area contributed by atoms with E-state index in [-0.39, 0.29) is 0 Å². The van der Waals surface area contributed by atoms with Crippen LogP contribution in [0.4, 0.5) is 0 Å². The summed E-state index contributed by atoms with van der Waals surface area (Å²) in [6, 6.07) is 8.16.